The summed E-state index contributed by atoms with van der Waals surface area (Å²) in [7, 11) is 0. The molecule has 1 N–H and O–H groups in total. The van der Waals surface area contributed by atoms with E-state index in [1.165, 1.54) is 0 Å². The first-order chi connectivity index (χ1) is 10.9. The summed E-state index contributed by atoms with van der Waals surface area (Å²) in [5, 5.41) is 3.65. The van der Waals surface area contributed by atoms with E-state index < -0.39 is 0 Å². The summed E-state index contributed by atoms with van der Waals surface area (Å²) in [6, 6.07) is 6.91. The monoisotopic (exact) mass is 411 g/mol. The van der Waals surface area contributed by atoms with Crippen LogP contribution in [0.1, 0.15) is 21.7 Å². The van der Waals surface area contributed by atoms with Crippen LogP contribution in [0, 0.1) is 13.8 Å². The van der Waals surface area contributed by atoms with E-state index in [-0.39, 0.29) is 5.91 Å². The van der Waals surface area contributed by atoms with Gasteiger partial charge in [0.15, 0.2) is 5.65 Å². The molecule has 2 heterocycles. The molecule has 0 aliphatic carbocycles. The first kappa shape index (κ1) is 16.3. The summed E-state index contributed by atoms with van der Waals surface area (Å²) < 4.78 is 2.62. The van der Waals surface area contributed by atoms with Crippen LogP contribution >= 0.6 is 39.1 Å². The number of aryl methyl sites for hydroxylation is 2. The number of pyridine rings is 1. The molecule has 4 nitrogen and oxygen atoms in total. The molecular formula is C16H12BrCl2N3O. The molecule has 3 rings (SSSR count). The highest BCUT2D eigenvalue weighted by Crippen LogP contribution is 2.26. The molecule has 2 aromatic heterocycles. The molecule has 0 bridgehead atoms. The van der Waals surface area contributed by atoms with Crippen LogP contribution < -0.4 is 5.32 Å². The summed E-state index contributed by atoms with van der Waals surface area (Å²) in [4.78, 5) is 17.1. The van der Waals surface area contributed by atoms with E-state index in [0.717, 1.165) is 10.0 Å². The van der Waals surface area contributed by atoms with Crippen LogP contribution in [0.25, 0.3) is 5.65 Å². The molecule has 0 atom stereocenters. The number of rotatable bonds is 2. The number of nitrogens with one attached hydrogen (secondary N) is 1. The Morgan fingerprint density at radius 2 is 1.96 bits per heavy atom. The van der Waals surface area contributed by atoms with Crippen LogP contribution in [-0.4, -0.2) is 15.3 Å². The fourth-order valence-corrected chi connectivity index (χ4v) is 3.32. The van der Waals surface area contributed by atoms with Crippen molar-refractivity contribution in [3.8, 4) is 0 Å². The van der Waals surface area contributed by atoms with Crippen LogP contribution in [0.15, 0.2) is 34.9 Å². The van der Waals surface area contributed by atoms with Crippen molar-refractivity contribution in [2.45, 2.75) is 13.8 Å². The minimum absolute atomic E-state index is 0.258. The number of fused-ring (bicyclic) bond motifs is 1. The number of nitrogens with zero attached hydrogens (tertiary/aromatic N) is 2. The third kappa shape index (κ3) is 3.09. The minimum atomic E-state index is -0.258. The molecule has 0 unspecified atom stereocenters. The van der Waals surface area contributed by atoms with E-state index >= 15 is 0 Å². The van der Waals surface area contributed by atoms with Crippen molar-refractivity contribution in [3.63, 3.8) is 0 Å². The predicted molar refractivity (Wildman–Crippen MR) is 96.8 cm³/mol. The number of anilines is 1. The van der Waals surface area contributed by atoms with Crippen LogP contribution in [0.2, 0.25) is 10.0 Å². The third-order valence-corrected chi connectivity index (χ3v) is 4.70. The number of hydrogen-bond acceptors (Lipinski definition) is 2. The standard InChI is InChI=1S/C16H12BrCl2N3O/c1-8-5-11(17)15-20-9(2)14(22(15)7-8)16(23)21-10-3-4-12(18)13(19)6-10/h3-7H,1-2H3,(H,21,23). The third-order valence-electron chi connectivity index (χ3n) is 3.38. The molecule has 23 heavy (non-hydrogen) atoms. The lowest BCUT2D eigenvalue weighted by Crippen LogP contribution is -2.15. The van der Waals surface area contributed by atoms with Crippen LogP contribution in [0.4, 0.5) is 5.69 Å². The molecule has 3 aromatic rings. The van der Waals surface area contributed by atoms with Gasteiger partial charge in [-0.1, -0.05) is 23.2 Å². The van der Waals surface area contributed by atoms with Gasteiger partial charge < -0.3 is 5.32 Å². The van der Waals surface area contributed by atoms with Gasteiger partial charge in [-0.2, -0.15) is 0 Å². The molecule has 0 radical (unpaired) electrons. The van der Waals surface area contributed by atoms with Crippen LogP contribution in [0.3, 0.4) is 0 Å². The Kier molecular flexibility index (Phi) is 4.36. The Morgan fingerprint density at radius 3 is 2.65 bits per heavy atom. The Morgan fingerprint density at radius 1 is 1.22 bits per heavy atom. The molecule has 0 aliphatic rings. The summed E-state index contributed by atoms with van der Waals surface area (Å²) in [6.45, 7) is 3.76. The van der Waals surface area contributed by atoms with Crippen LogP contribution in [0.5, 0.6) is 0 Å². The van der Waals surface area contributed by atoms with E-state index in [1.54, 1.807) is 29.5 Å². The summed E-state index contributed by atoms with van der Waals surface area (Å²) in [5.74, 6) is -0.258. The fraction of sp³-hybridized carbons (Fsp3) is 0.125. The zero-order valence-electron chi connectivity index (χ0n) is 12.3. The molecule has 0 aliphatic heterocycles. The highest BCUT2D eigenvalue weighted by molar-refractivity contribution is 9.10. The normalized spacial score (nSPS) is 11.0. The Hall–Kier alpha value is -1.56. The van der Waals surface area contributed by atoms with Crippen molar-refractivity contribution in [1.82, 2.24) is 9.38 Å². The van der Waals surface area contributed by atoms with E-state index in [9.17, 15) is 4.79 Å². The lowest BCUT2D eigenvalue weighted by Gasteiger charge is -2.08. The molecular weight excluding hydrogens is 401 g/mol. The SMILES string of the molecule is Cc1cc(Br)c2nc(C)c(C(=O)Nc3ccc(Cl)c(Cl)c3)n2c1. The maximum atomic E-state index is 12.7. The van der Waals surface area contributed by atoms with E-state index in [1.807, 2.05) is 19.2 Å². The molecule has 0 spiro atoms. The van der Waals surface area contributed by atoms with Crippen molar-refractivity contribution in [2.24, 2.45) is 0 Å². The first-order valence-corrected chi connectivity index (χ1v) is 8.33. The average Bonchev–Trinajstić information content (AvgIpc) is 2.79. The van der Waals surface area contributed by atoms with Crippen LogP contribution in [-0.2, 0) is 0 Å². The van der Waals surface area contributed by atoms with Gasteiger partial charge in [0.2, 0.25) is 0 Å². The fourth-order valence-electron chi connectivity index (χ4n) is 2.38. The van der Waals surface area contributed by atoms with Gasteiger partial charge in [-0.25, -0.2) is 4.98 Å². The van der Waals surface area contributed by atoms with Gasteiger partial charge in [0.25, 0.3) is 5.91 Å². The molecule has 0 saturated heterocycles. The summed E-state index contributed by atoms with van der Waals surface area (Å²) in [6.07, 6.45) is 1.88. The van der Waals surface area contributed by atoms with Crippen molar-refractivity contribution in [2.75, 3.05) is 5.32 Å². The van der Waals surface area contributed by atoms with Gasteiger partial charge in [0, 0.05) is 11.9 Å². The van der Waals surface area contributed by atoms with Crippen molar-refractivity contribution >= 4 is 56.4 Å². The lowest BCUT2D eigenvalue weighted by molar-refractivity contribution is 0.102. The Balaban J connectivity index is 2.04. The second-order valence-corrected chi connectivity index (χ2v) is 6.86. The smallest absolute Gasteiger partial charge is 0.274 e. The number of imidazole rings is 1. The molecule has 0 saturated carbocycles. The van der Waals surface area contributed by atoms with Gasteiger partial charge in [-0.3, -0.25) is 9.20 Å². The number of carbonyl (C=O) groups excluding carboxylic acids is 1. The molecule has 1 amide bonds. The Labute approximate surface area is 151 Å². The number of halogens is 3. The topological polar surface area (TPSA) is 46.4 Å². The largest absolute Gasteiger partial charge is 0.321 e. The van der Waals surface area contributed by atoms with Crippen molar-refractivity contribution < 1.29 is 4.79 Å². The molecule has 0 fully saturated rings. The quantitative estimate of drug-likeness (QED) is 0.622. The molecule has 118 valence electrons. The van der Waals surface area contributed by atoms with E-state index in [4.69, 9.17) is 23.2 Å². The number of hydrogen-bond donors (Lipinski definition) is 1. The highest BCUT2D eigenvalue weighted by atomic mass is 79.9. The molecule has 7 heteroatoms. The summed E-state index contributed by atoms with van der Waals surface area (Å²) in [5.41, 5.74) is 3.42. The number of amides is 1. The van der Waals surface area contributed by atoms with Gasteiger partial charge in [0.05, 0.1) is 20.2 Å². The number of aromatic nitrogens is 2. The zero-order chi connectivity index (χ0) is 16.7. The highest BCUT2D eigenvalue weighted by Gasteiger charge is 2.18. The zero-order valence-corrected chi connectivity index (χ0v) is 15.4. The lowest BCUT2D eigenvalue weighted by atomic mass is 10.2. The number of benzene rings is 1. The minimum Gasteiger partial charge on any atom is -0.321 e. The maximum absolute atomic E-state index is 12.7. The average molecular weight is 413 g/mol. The molecule has 1 aromatic carbocycles. The predicted octanol–water partition coefficient (Wildman–Crippen LogP) is 5.27. The van der Waals surface area contributed by atoms with Gasteiger partial charge >= 0.3 is 0 Å². The van der Waals surface area contributed by atoms with E-state index in [0.29, 0.717) is 32.8 Å². The number of carbonyl (C=O) groups is 1. The Bertz CT molecular complexity index is 937. The van der Waals surface area contributed by atoms with Gasteiger partial charge in [-0.15, -0.1) is 0 Å². The second kappa shape index (κ2) is 6.15. The van der Waals surface area contributed by atoms with E-state index in [2.05, 4.69) is 26.2 Å². The summed E-state index contributed by atoms with van der Waals surface area (Å²) >= 11 is 15.4. The first-order valence-electron chi connectivity index (χ1n) is 6.78. The second-order valence-electron chi connectivity index (χ2n) is 5.19. The maximum Gasteiger partial charge on any atom is 0.274 e. The van der Waals surface area contributed by atoms with Crippen molar-refractivity contribution in [1.29, 1.82) is 0 Å². The van der Waals surface area contributed by atoms with Crippen molar-refractivity contribution in [3.05, 3.63) is 61.9 Å². The van der Waals surface area contributed by atoms with Gasteiger partial charge in [-0.05, 0) is 59.6 Å². The van der Waals surface area contributed by atoms with Gasteiger partial charge in [0.1, 0.15) is 5.69 Å².